The maximum absolute atomic E-state index is 8.70. The van der Waals surface area contributed by atoms with Gasteiger partial charge in [0.2, 0.25) is 0 Å². The quantitative estimate of drug-likeness (QED) is 0.549. The zero-order chi connectivity index (χ0) is 11.3. The van der Waals surface area contributed by atoms with Gasteiger partial charge in [0.1, 0.15) is 0 Å². The number of aliphatic hydroxyl groups excluding tert-OH is 1. The van der Waals surface area contributed by atoms with Crippen LogP contribution in [0.4, 0.5) is 0 Å². The molecule has 0 unspecified atom stereocenters. The van der Waals surface area contributed by atoms with E-state index in [1.54, 1.807) is 0 Å². The molecule has 0 amide bonds. The molecule has 0 bridgehead atoms. The Morgan fingerprint density at radius 3 is 2.47 bits per heavy atom. The second kappa shape index (κ2) is 5.77. The Bertz CT molecular complexity index is 213. The highest BCUT2D eigenvalue weighted by molar-refractivity contribution is 7.80. The Morgan fingerprint density at radius 1 is 1.40 bits per heavy atom. The Hall–Kier alpha value is -0.190. The summed E-state index contributed by atoms with van der Waals surface area (Å²) in [6, 6.07) is 0. The summed E-state index contributed by atoms with van der Waals surface area (Å²) in [5, 5.41) is 8.70. The van der Waals surface area contributed by atoms with Gasteiger partial charge in [0.15, 0.2) is 0 Å². The molecule has 1 rings (SSSR count). The maximum atomic E-state index is 8.70. The van der Waals surface area contributed by atoms with Gasteiger partial charge < -0.3 is 15.7 Å². The van der Waals surface area contributed by atoms with Crippen molar-refractivity contribution in [1.82, 2.24) is 4.90 Å². The third kappa shape index (κ3) is 3.70. The fourth-order valence-electron chi connectivity index (χ4n) is 1.96. The number of hydrogen-bond acceptors (Lipinski definition) is 3. The van der Waals surface area contributed by atoms with Gasteiger partial charge in [-0.15, -0.1) is 0 Å². The lowest BCUT2D eigenvalue weighted by molar-refractivity contribution is 0.158. The summed E-state index contributed by atoms with van der Waals surface area (Å²) in [7, 11) is 0. The minimum absolute atomic E-state index is 0.0722. The molecule has 1 saturated heterocycles. The molecular formula is C11H22N2OS. The van der Waals surface area contributed by atoms with Gasteiger partial charge in [-0.2, -0.15) is 0 Å². The highest BCUT2D eigenvalue weighted by Crippen LogP contribution is 2.31. The second-order valence-electron chi connectivity index (χ2n) is 4.70. The fourth-order valence-corrected chi connectivity index (χ4v) is 2.17. The zero-order valence-electron chi connectivity index (χ0n) is 9.54. The molecule has 3 nitrogen and oxygen atoms in total. The number of nitrogens with zero attached hydrogens (tertiary/aromatic N) is 1. The van der Waals surface area contributed by atoms with Crippen molar-refractivity contribution in [1.29, 1.82) is 0 Å². The minimum atomic E-state index is 0.0722. The number of piperidine rings is 1. The monoisotopic (exact) mass is 230 g/mol. The average molecular weight is 230 g/mol. The summed E-state index contributed by atoms with van der Waals surface area (Å²) in [6.07, 6.45) is 4.13. The van der Waals surface area contributed by atoms with E-state index < -0.39 is 0 Å². The van der Waals surface area contributed by atoms with E-state index in [1.807, 2.05) is 0 Å². The first-order valence-electron chi connectivity index (χ1n) is 5.71. The SMILES string of the molecule is CC1(C(N)=S)CCN(CCCCO)CC1. The molecule has 0 saturated carbocycles. The van der Waals surface area contributed by atoms with Crippen LogP contribution in [0.1, 0.15) is 32.6 Å². The van der Waals surface area contributed by atoms with Crippen molar-refractivity contribution in [2.24, 2.45) is 11.1 Å². The number of unbranched alkanes of at least 4 members (excludes halogenated alkanes) is 1. The molecular weight excluding hydrogens is 208 g/mol. The van der Waals surface area contributed by atoms with Crippen molar-refractivity contribution in [3.8, 4) is 0 Å². The van der Waals surface area contributed by atoms with Crippen LogP contribution in [0.2, 0.25) is 0 Å². The van der Waals surface area contributed by atoms with Gasteiger partial charge in [-0.05, 0) is 45.3 Å². The molecule has 0 aromatic rings. The highest BCUT2D eigenvalue weighted by Gasteiger charge is 2.32. The van der Waals surface area contributed by atoms with E-state index in [4.69, 9.17) is 23.1 Å². The van der Waals surface area contributed by atoms with Crippen molar-refractivity contribution in [3.05, 3.63) is 0 Å². The van der Waals surface area contributed by atoms with E-state index in [0.29, 0.717) is 11.6 Å². The number of nitrogens with two attached hydrogens (primary N) is 1. The van der Waals surface area contributed by atoms with Gasteiger partial charge >= 0.3 is 0 Å². The third-order valence-electron chi connectivity index (χ3n) is 3.44. The molecule has 3 N–H and O–H groups in total. The van der Waals surface area contributed by atoms with Crippen molar-refractivity contribution in [3.63, 3.8) is 0 Å². The summed E-state index contributed by atoms with van der Waals surface area (Å²) >= 11 is 5.10. The van der Waals surface area contributed by atoms with E-state index in [-0.39, 0.29) is 5.41 Å². The van der Waals surface area contributed by atoms with Crippen molar-refractivity contribution < 1.29 is 5.11 Å². The summed E-state index contributed by atoms with van der Waals surface area (Å²) in [5.74, 6) is 0. The van der Waals surface area contributed by atoms with E-state index in [9.17, 15) is 0 Å². The average Bonchev–Trinajstić information content (AvgIpc) is 2.21. The Balaban J connectivity index is 2.26. The van der Waals surface area contributed by atoms with Gasteiger partial charge in [0.05, 0.1) is 4.99 Å². The Kier molecular flexibility index (Phi) is 4.96. The van der Waals surface area contributed by atoms with Gasteiger partial charge in [0.25, 0.3) is 0 Å². The molecule has 0 aromatic carbocycles. The molecule has 1 heterocycles. The lowest BCUT2D eigenvalue weighted by Crippen LogP contribution is -2.44. The number of aliphatic hydroxyl groups is 1. The van der Waals surface area contributed by atoms with Crippen LogP contribution in [0.5, 0.6) is 0 Å². The van der Waals surface area contributed by atoms with Crippen LogP contribution in [0, 0.1) is 5.41 Å². The number of thiocarbonyl (C=S) groups is 1. The van der Waals surface area contributed by atoms with Crippen LogP contribution in [-0.4, -0.2) is 41.2 Å². The molecule has 15 heavy (non-hydrogen) atoms. The predicted octanol–water partition coefficient (Wildman–Crippen LogP) is 1.15. The Labute approximate surface area is 97.6 Å². The Morgan fingerprint density at radius 2 is 2.00 bits per heavy atom. The molecule has 0 spiro atoms. The van der Waals surface area contributed by atoms with Crippen molar-refractivity contribution >= 4 is 17.2 Å². The third-order valence-corrected chi connectivity index (χ3v) is 3.93. The predicted molar refractivity (Wildman–Crippen MR) is 66.9 cm³/mol. The van der Waals surface area contributed by atoms with Crippen LogP contribution in [0.25, 0.3) is 0 Å². The summed E-state index contributed by atoms with van der Waals surface area (Å²) in [5.41, 5.74) is 5.82. The van der Waals surface area contributed by atoms with Crippen LogP contribution in [0.15, 0.2) is 0 Å². The molecule has 0 aliphatic carbocycles. The van der Waals surface area contributed by atoms with Crippen LogP contribution >= 0.6 is 12.2 Å². The van der Waals surface area contributed by atoms with Crippen LogP contribution in [0.3, 0.4) is 0 Å². The molecule has 1 aliphatic rings. The normalized spacial score (nSPS) is 21.5. The second-order valence-corrected chi connectivity index (χ2v) is 5.14. The lowest BCUT2D eigenvalue weighted by atomic mass is 9.80. The molecule has 4 heteroatoms. The summed E-state index contributed by atoms with van der Waals surface area (Å²) in [6.45, 7) is 5.73. The molecule has 0 aromatic heterocycles. The first kappa shape index (κ1) is 12.9. The lowest BCUT2D eigenvalue weighted by Gasteiger charge is -2.38. The molecule has 88 valence electrons. The van der Waals surface area contributed by atoms with E-state index in [2.05, 4.69) is 11.8 Å². The van der Waals surface area contributed by atoms with Gasteiger partial charge in [-0.3, -0.25) is 0 Å². The van der Waals surface area contributed by atoms with Crippen LogP contribution in [-0.2, 0) is 0 Å². The van der Waals surface area contributed by atoms with E-state index in [0.717, 1.165) is 45.3 Å². The van der Waals surface area contributed by atoms with Crippen molar-refractivity contribution in [2.75, 3.05) is 26.2 Å². The topological polar surface area (TPSA) is 49.5 Å². The van der Waals surface area contributed by atoms with Crippen molar-refractivity contribution in [2.45, 2.75) is 32.6 Å². The molecule has 1 fully saturated rings. The first-order chi connectivity index (χ1) is 7.08. The number of hydrogen-bond donors (Lipinski definition) is 2. The van der Waals surface area contributed by atoms with Crippen LogP contribution < -0.4 is 5.73 Å². The summed E-state index contributed by atoms with van der Waals surface area (Å²) < 4.78 is 0. The van der Waals surface area contributed by atoms with E-state index in [1.165, 1.54) is 0 Å². The van der Waals surface area contributed by atoms with Gasteiger partial charge in [-0.25, -0.2) is 0 Å². The smallest absolute Gasteiger partial charge is 0.0788 e. The van der Waals surface area contributed by atoms with Gasteiger partial charge in [0, 0.05) is 12.0 Å². The number of likely N-dealkylation sites (tertiary alicyclic amines) is 1. The molecule has 0 atom stereocenters. The highest BCUT2D eigenvalue weighted by atomic mass is 32.1. The zero-order valence-corrected chi connectivity index (χ0v) is 10.4. The standard InChI is InChI=1S/C11H22N2OS/c1-11(10(12)15)4-7-13(8-5-11)6-2-3-9-14/h14H,2-9H2,1H3,(H2,12,15). The van der Waals surface area contributed by atoms with E-state index >= 15 is 0 Å². The fraction of sp³-hybridized carbons (Fsp3) is 0.909. The summed E-state index contributed by atoms with van der Waals surface area (Å²) in [4.78, 5) is 3.10. The molecule has 0 radical (unpaired) electrons. The van der Waals surface area contributed by atoms with Gasteiger partial charge in [-0.1, -0.05) is 19.1 Å². The maximum Gasteiger partial charge on any atom is 0.0788 e. The first-order valence-corrected chi connectivity index (χ1v) is 6.12. The minimum Gasteiger partial charge on any atom is -0.396 e. The largest absolute Gasteiger partial charge is 0.396 e. The molecule has 1 aliphatic heterocycles. The number of rotatable bonds is 5.